The van der Waals surface area contributed by atoms with Gasteiger partial charge in [-0.25, -0.2) is 0 Å². The van der Waals surface area contributed by atoms with Crippen molar-refractivity contribution in [3.63, 3.8) is 0 Å². The number of nitrogens with zero attached hydrogens (tertiary/aromatic N) is 2. The van der Waals surface area contributed by atoms with E-state index in [0.717, 1.165) is 13.0 Å². The van der Waals surface area contributed by atoms with E-state index >= 15 is 0 Å². The summed E-state index contributed by atoms with van der Waals surface area (Å²) >= 11 is 9.28. The maximum Gasteiger partial charge on any atom is 0.289 e. The van der Waals surface area contributed by atoms with Crippen LogP contribution in [0.1, 0.15) is 17.0 Å². The highest BCUT2D eigenvalue weighted by atomic mass is 79.9. The molecule has 0 bridgehead atoms. The van der Waals surface area contributed by atoms with Crippen LogP contribution in [0.4, 0.5) is 5.69 Å². The average Bonchev–Trinajstić information content (AvgIpc) is 2.92. The lowest BCUT2D eigenvalue weighted by atomic mass is 10.3. The predicted molar refractivity (Wildman–Crippen MR) is 103 cm³/mol. The van der Waals surface area contributed by atoms with E-state index in [2.05, 4.69) is 21.2 Å². The van der Waals surface area contributed by atoms with Gasteiger partial charge in [0.05, 0.1) is 17.3 Å². The van der Waals surface area contributed by atoms with E-state index < -0.39 is 0 Å². The first-order valence-corrected chi connectivity index (χ1v) is 9.51. The molecule has 3 rings (SSSR count). The molecule has 2 amide bonds. The molecular formula is C18H19BrClN3O3. The summed E-state index contributed by atoms with van der Waals surface area (Å²) in [6.45, 7) is 2.83. The van der Waals surface area contributed by atoms with Crippen LogP contribution < -0.4 is 5.32 Å². The molecule has 1 saturated heterocycles. The lowest BCUT2D eigenvalue weighted by Crippen LogP contribution is -2.38. The zero-order valence-electron chi connectivity index (χ0n) is 14.1. The van der Waals surface area contributed by atoms with Gasteiger partial charge in [-0.05, 0) is 46.6 Å². The molecule has 1 fully saturated rings. The number of rotatable bonds is 4. The van der Waals surface area contributed by atoms with Crippen molar-refractivity contribution in [2.75, 3.05) is 38.0 Å². The topological polar surface area (TPSA) is 65.8 Å². The molecule has 1 N–H and O–H groups in total. The highest BCUT2D eigenvalue weighted by Gasteiger charge is 2.23. The molecule has 6 nitrogen and oxygen atoms in total. The van der Waals surface area contributed by atoms with Crippen molar-refractivity contribution < 1.29 is 14.0 Å². The first-order chi connectivity index (χ1) is 12.5. The molecule has 138 valence electrons. The minimum absolute atomic E-state index is 0.118. The molecule has 0 saturated carbocycles. The molecule has 0 atom stereocenters. The summed E-state index contributed by atoms with van der Waals surface area (Å²) in [6.07, 6.45) is 0.799. The van der Waals surface area contributed by atoms with Crippen molar-refractivity contribution in [2.24, 2.45) is 0 Å². The van der Waals surface area contributed by atoms with Crippen molar-refractivity contribution >= 4 is 45.0 Å². The standard InChI is InChI=1S/C18H19BrClN3O3/c19-16-7-6-15(26-16)18(25)23-9-3-8-22(10-11-23)12-17(24)21-14-5-2-1-4-13(14)20/h1-2,4-7H,3,8-12H2,(H,21,24). The van der Waals surface area contributed by atoms with Gasteiger partial charge < -0.3 is 14.6 Å². The Kier molecular flexibility index (Phi) is 6.34. The van der Waals surface area contributed by atoms with Gasteiger partial charge in [-0.2, -0.15) is 0 Å². The molecule has 1 aromatic heterocycles. The Labute approximate surface area is 165 Å². The summed E-state index contributed by atoms with van der Waals surface area (Å²) < 4.78 is 5.88. The zero-order chi connectivity index (χ0) is 18.5. The molecule has 0 unspecified atom stereocenters. The first kappa shape index (κ1) is 18.9. The zero-order valence-corrected chi connectivity index (χ0v) is 16.4. The molecule has 8 heteroatoms. The number of para-hydroxylation sites is 1. The Morgan fingerprint density at radius 3 is 2.65 bits per heavy atom. The monoisotopic (exact) mass is 439 g/mol. The lowest BCUT2D eigenvalue weighted by Gasteiger charge is -2.21. The van der Waals surface area contributed by atoms with Gasteiger partial charge in [0.2, 0.25) is 5.91 Å². The Hall–Kier alpha value is -1.83. The molecule has 0 radical (unpaired) electrons. The second kappa shape index (κ2) is 8.70. The SMILES string of the molecule is O=C(CN1CCCN(C(=O)c2ccc(Br)o2)CC1)Nc1ccccc1Cl. The Bertz CT molecular complexity index is 795. The van der Waals surface area contributed by atoms with Gasteiger partial charge in [0.1, 0.15) is 0 Å². The van der Waals surface area contributed by atoms with Crippen molar-refractivity contribution in [1.82, 2.24) is 9.80 Å². The van der Waals surface area contributed by atoms with Crippen molar-refractivity contribution in [2.45, 2.75) is 6.42 Å². The van der Waals surface area contributed by atoms with Crippen LogP contribution in [-0.4, -0.2) is 54.3 Å². The van der Waals surface area contributed by atoms with Crippen LogP contribution in [0.25, 0.3) is 0 Å². The fourth-order valence-electron chi connectivity index (χ4n) is 2.87. The van der Waals surface area contributed by atoms with Gasteiger partial charge in [0.15, 0.2) is 10.4 Å². The van der Waals surface area contributed by atoms with E-state index in [1.165, 1.54) is 0 Å². The van der Waals surface area contributed by atoms with Gasteiger partial charge in [0.25, 0.3) is 5.91 Å². The van der Waals surface area contributed by atoms with Crippen LogP contribution in [0.15, 0.2) is 45.5 Å². The van der Waals surface area contributed by atoms with E-state index in [1.807, 2.05) is 17.0 Å². The molecule has 1 aromatic carbocycles. The third-order valence-corrected chi connectivity index (χ3v) is 4.93. The summed E-state index contributed by atoms with van der Waals surface area (Å²) in [5, 5.41) is 3.34. The third kappa shape index (κ3) is 4.87. The molecule has 1 aliphatic rings. The normalized spacial score (nSPS) is 15.5. The lowest BCUT2D eigenvalue weighted by molar-refractivity contribution is -0.117. The van der Waals surface area contributed by atoms with E-state index in [4.69, 9.17) is 16.0 Å². The van der Waals surface area contributed by atoms with Gasteiger partial charge in [0, 0.05) is 26.2 Å². The smallest absolute Gasteiger partial charge is 0.289 e. The summed E-state index contributed by atoms with van der Waals surface area (Å²) in [6, 6.07) is 10.5. The van der Waals surface area contributed by atoms with Crippen LogP contribution in [0.2, 0.25) is 5.02 Å². The molecule has 0 spiro atoms. The highest BCUT2D eigenvalue weighted by Crippen LogP contribution is 2.20. The van der Waals surface area contributed by atoms with Crippen molar-refractivity contribution in [1.29, 1.82) is 0 Å². The van der Waals surface area contributed by atoms with E-state index in [-0.39, 0.29) is 18.4 Å². The van der Waals surface area contributed by atoms with Crippen molar-refractivity contribution in [3.05, 3.63) is 51.9 Å². The van der Waals surface area contributed by atoms with E-state index in [0.29, 0.717) is 40.8 Å². The number of benzene rings is 1. The van der Waals surface area contributed by atoms with Crippen LogP contribution in [0, 0.1) is 0 Å². The third-order valence-electron chi connectivity index (χ3n) is 4.17. The minimum Gasteiger partial charge on any atom is -0.444 e. The fourth-order valence-corrected chi connectivity index (χ4v) is 3.36. The molecule has 1 aliphatic heterocycles. The van der Waals surface area contributed by atoms with Crippen LogP contribution in [0.5, 0.6) is 0 Å². The van der Waals surface area contributed by atoms with E-state index in [9.17, 15) is 9.59 Å². The fraction of sp³-hybridized carbons (Fsp3) is 0.333. The van der Waals surface area contributed by atoms with Crippen LogP contribution >= 0.6 is 27.5 Å². The number of amides is 2. The number of furan rings is 1. The second-order valence-corrected chi connectivity index (χ2v) is 7.24. The maximum absolute atomic E-state index is 12.5. The number of halogens is 2. The maximum atomic E-state index is 12.5. The average molecular weight is 441 g/mol. The van der Waals surface area contributed by atoms with Gasteiger partial charge in [-0.1, -0.05) is 23.7 Å². The Balaban J connectivity index is 1.53. The van der Waals surface area contributed by atoms with Gasteiger partial charge in [-0.15, -0.1) is 0 Å². The number of hydrogen-bond acceptors (Lipinski definition) is 4. The Morgan fingerprint density at radius 1 is 1.12 bits per heavy atom. The van der Waals surface area contributed by atoms with Crippen molar-refractivity contribution in [3.8, 4) is 0 Å². The summed E-state index contributed by atoms with van der Waals surface area (Å²) in [7, 11) is 0. The first-order valence-electron chi connectivity index (χ1n) is 8.34. The summed E-state index contributed by atoms with van der Waals surface area (Å²) in [5.74, 6) is 0.0766. The predicted octanol–water partition coefficient (Wildman–Crippen LogP) is 3.48. The number of hydrogen-bond donors (Lipinski definition) is 1. The second-order valence-electron chi connectivity index (χ2n) is 6.05. The minimum atomic E-state index is -0.127. The molecule has 0 aliphatic carbocycles. The van der Waals surface area contributed by atoms with Gasteiger partial charge in [-0.3, -0.25) is 14.5 Å². The molecule has 2 heterocycles. The highest BCUT2D eigenvalue weighted by molar-refractivity contribution is 9.10. The van der Waals surface area contributed by atoms with Gasteiger partial charge >= 0.3 is 0 Å². The summed E-state index contributed by atoms with van der Waals surface area (Å²) in [5.41, 5.74) is 0.606. The van der Waals surface area contributed by atoms with Crippen LogP contribution in [0.3, 0.4) is 0 Å². The molecular weight excluding hydrogens is 422 g/mol. The summed E-state index contributed by atoms with van der Waals surface area (Å²) in [4.78, 5) is 28.5. The number of nitrogens with one attached hydrogen (secondary N) is 1. The largest absolute Gasteiger partial charge is 0.444 e. The quantitative estimate of drug-likeness (QED) is 0.790. The number of carbonyl (C=O) groups excluding carboxylic acids is 2. The number of carbonyl (C=O) groups is 2. The number of anilines is 1. The Morgan fingerprint density at radius 2 is 1.92 bits per heavy atom. The molecule has 2 aromatic rings. The van der Waals surface area contributed by atoms with Crippen LogP contribution in [-0.2, 0) is 4.79 Å². The molecule has 26 heavy (non-hydrogen) atoms. The van der Waals surface area contributed by atoms with E-state index in [1.54, 1.807) is 29.2 Å².